The highest BCUT2D eigenvalue weighted by Crippen LogP contribution is 2.50. The van der Waals surface area contributed by atoms with Gasteiger partial charge in [-0.25, -0.2) is 0 Å². The Morgan fingerprint density at radius 2 is 1.16 bits per heavy atom. The molecule has 6 aromatic rings. The van der Waals surface area contributed by atoms with E-state index in [0.29, 0.717) is 5.39 Å². The summed E-state index contributed by atoms with van der Waals surface area (Å²) in [4.78, 5) is 9.65. The third-order valence-corrected chi connectivity index (χ3v) is 9.09. The molecule has 0 unspecified atom stereocenters. The van der Waals surface area contributed by atoms with Crippen LogP contribution in [0.15, 0.2) is 144 Å². The normalized spacial score (nSPS) is 12.5. The number of rotatable bonds is 9. The lowest BCUT2D eigenvalue weighted by molar-refractivity contribution is -0.384. The van der Waals surface area contributed by atoms with Gasteiger partial charge in [0.05, 0.1) is 26.9 Å². The van der Waals surface area contributed by atoms with E-state index in [0.717, 1.165) is 12.1 Å². The van der Waals surface area contributed by atoms with Crippen LogP contribution in [0.25, 0.3) is 21.5 Å². The molecule has 0 spiro atoms. The number of nitrogens with zero attached hydrogens (tertiary/aromatic N) is 7. The molecule has 0 atom stereocenters. The maximum atomic E-state index is 11.9. The van der Waals surface area contributed by atoms with Crippen molar-refractivity contribution in [2.45, 2.75) is 9.79 Å². The molecular weight excluding hydrogens is 707 g/mol. The molecule has 0 radical (unpaired) electrons. The largest absolute Gasteiger partial charge is 0.504 e. The lowest BCUT2D eigenvalue weighted by atomic mass is 10.1. The summed E-state index contributed by atoms with van der Waals surface area (Å²) < 4.78 is 66.6. The predicted molar refractivity (Wildman–Crippen MR) is 183 cm³/mol. The van der Waals surface area contributed by atoms with E-state index in [4.69, 9.17) is 0 Å². The molecular formula is C32H21N7O10S2. The molecule has 0 aliphatic carbocycles. The maximum absolute atomic E-state index is 11.9. The number of benzene rings is 6. The number of nitro groups is 1. The van der Waals surface area contributed by atoms with Gasteiger partial charge in [-0.15, -0.1) is 25.6 Å². The van der Waals surface area contributed by atoms with Crippen molar-refractivity contribution in [3.05, 3.63) is 113 Å². The van der Waals surface area contributed by atoms with Gasteiger partial charge in [0.25, 0.3) is 25.9 Å². The molecule has 0 aliphatic rings. The number of nitro benzene ring substituents is 1. The van der Waals surface area contributed by atoms with Crippen LogP contribution in [0.2, 0.25) is 0 Å². The van der Waals surface area contributed by atoms with Gasteiger partial charge in [0.15, 0.2) is 17.2 Å². The monoisotopic (exact) mass is 727 g/mol. The van der Waals surface area contributed by atoms with E-state index in [9.17, 15) is 46.3 Å². The number of hydrogen-bond donors (Lipinski definition) is 4. The predicted octanol–water partition coefficient (Wildman–Crippen LogP) is 9.05. The summed E-state index contributed by atoms with van der Waals surface area (Å²) in [6.07, 6.45) is 0. The summed E-state index contributed by atoms with van der Waals surface area (Å²) in [5, 5.41) is 58.9. The zero-order valence-corrected chi connectivity index (χ0v) is 27.1. The van der Waals surface area contributed by atoms with E-state index in [1.807, 2.05) is 0 Å². The van der Waals surface area contributed by atoms with Crippen LogP contribution in [0.3, 0.4) is 0 Å². The van der Waals surface area contributed by atoms with Crippen molar-refractivity contribution in [1.82, 2.24) is 0 Å². The summed E-state index contributed by atoms with van der Waals surface area (Å²) >= 11 is 0. The highest BCUT2D eigenvalue weighted by Gasteiger charge is 2.20. The number of hydrogen-bond acceptors (Lipinski definition) is 14. The Morgan fingerprint density at radius 1 is 0.549 bits per heavy atom. The molecule has 0 aromatic heterocycles. The standard InChI is InChI=1S/C32H21N7O10S2/c40-31-27(36-33-19-9-11-20(12-10-19)39(42)43)17-28(37-34-25-7-3-4-18-8-13-21(16-24(18)25)50(44,45)46)32(41)30(31)38-35-26-14-15-29(51(47,48)49)23-6-2-1-5-22(23)26/h1-17,40-41H,(H,44,45,46)(H,47,48,49). The van der Waals surface area contributed by atoms with Gasteiger partial charge >= 0.3 is 0 Å². The van der Waals surface area contributed by atoms with Gasteiger partial charge in [0.1, 0.15) is 16.3 Å². The van der Waals surface area contributed by atoms with Crippen molar-refractivity contribution in [3.63, 3.8) is 0 Å². The molecule has 6 rings (SSSR count). The second-order valence-electron chi connectivity index (χ2n) is 10.6. The van der Waals surface area contributed by atoms with Crippen LogP contribution in [0.5, 0.6) is 11.5 Å². The summed E-state index contributed by atoms with van der Waals surface area (Å²) in [5.41, 5.74) is -0.979. The molecule has 19 heteroatoms. The molecule has 0 bridgehead atoms. The quantitative estimate of drug-likeness (QED) is 0.0474. The minimum atomic E-state index is -4.60. The van der Waals surface area contributed by atoms with Crippen LogP contribution in [-0.2, 0) is 20.2 Å². The van der Waals surface area contributed by atoms with Crippen LogP contribution in [0.4, 0.5) is 39.8 Å². The average Bonchev–Trinajstić information content (AvgIpc) is 3.09. The van der Waals surface area contributed by atoms with E-state index < -0.39 is 42.3 Å². The van der Waals surface area contributed by atoms with Gasteiger partial charge in [-0.05, 0) is 47.9 Å². The average molecular weight is 728 g/mol. The Labute approximate surface area is 287 Å². The molecule has 0 aliphatic heterocycles. The van der Waals surface area contributed by atoms with Gasteiger partial charge in [0, 0.05) is 34.4 Å². The number of fused-ring (bicyclic) bond motifs is 2. The number of azo groups is 3. The summed E-state index contributed by atoms with van der Waals surface area (Å²) in [5.74, 6) is -1.45. The molecule has 0 saturated heterocycles. The fraction of sp³-hybridized carbons (Fsp3) is 0. The van der Waals surface area contributed by atoms with Crippen molar-refractivity contribution in [2.75, 3.05) is 0 Å². The smallest absolute Gasteiger partial charge is 0.295 e. The van der Waals surface area contributed by atoms with Crippen molar-refractivity contribution in [3.8, 4) is 11.5 Å². The topological polar surface area (TPSA) is 266 Å². The molecule has 6 aromatic carbocycles. The van der Waals surface area contributed by atoms with Crippen LogP contribution in [0.1, 0.15) is 0 Å². The van der Waals surface area contributed by atoms with Gasteiger partial charge < -0.3 is 10.2 Å². The van der Waals surface area contributed by atoms with Gasteiger partial charge in [-0.3, -0.25) is 19.2 Å². The summed E-state index contributed by atoms with van der Waals surface area (Å²) in [6.45, 7) is 0. The number of phenolic OH excluding ortho intramolecular Hbond substituents is 2. The second-order valence-corrected chi connectivity index (χ2v) is 13.4. The lowest BCUT2D eigenvalue weighted by Gasteiger charge is -2.08. The van der Waals surface area contributed by atoms with E-state index >= 15 is 0 Å². The minimum absolute atomic E-state index is 0.0864. The summed E-state index contributed by atoms with van der Waals surface area (Å²) in [6, 6.07) is 23.2. The van der Waals surface area contributed by atoms with Crippen LogP contribution >= 0.6 is 0 Å². The SMILES string of the molecule is O=[N+]([O-])c1ccc(N=Nc2cc(N=Nc3cccc4ccc(S(=O)(=O)O)cc34)c(O)c(N=Nc3ccc(S(=O)(=O)O)c4ccccc34)c2O)cc1. The number of aromatic hydroxyl groups is 2. The zero-order chi connectivity index (χ0) is 36.5. The Balaban J connectivity index is 1.48. The first-order valence-corrected chi connectivity index (χ1v) is 17.2. The van der Waals surface area contributed by atoms with Gasteiger partial charge in [-0.1, -0.05) is 42.5 Å². The van der Waals surface area contributed by atoms with E-state index in [-0.39, 0.29) is 60.1 Å². The molecule has 0 fully saturated rings. The molecule has 4 N–H and O–H groups in total. The summed E-state index contributed by atoms with van der Waals surface area (Å²) in [7, 11) is -9.15. The van der Waals surface area contributed by atoms with E-state index in [1.165, 1.54) is 66.7 Å². The Hall–Kier alpha value is -6.54. The van der Waals surface area contributed by atoms with Crippen molar-refractivity contribution in [2.24, 2.45) is 30.7 Å². The zero-order valence-electron chi connectivity index (χ0n) is 25.5. The first-order chi connectivity index (χ1) is 24.2. The third kappa shape index (κ3) is 7.26. The molecule has 0 heterocycles. The lowest BCUT2D eigenvalue weighted by Crippen LogP contribution is -1.98. The van der Waals surface area contributed by atoms with Crippen LogP contribution in [0, 0.1) is 10.1 Å². The van der Waals surface area contributed by atoms with Crippen molar-refractivity contribution >= 4 is 81.6 Å². The van der Waals surface area contributed by atoms with Crippen molar-refractivity contribution in [1.29, 1.82) is 0 Å². The van der Waals surface area contributed by atoms with E-state index in [1.54, 1.807) is 24.3 Å². The first kappa shape index (κ1) is 34.3. The molecule has 0 saturated carbocycles. The number of phenols is 2. The van der Waals surface area contributed by atoms with Crippen LogP contribution in [-0.4, -0.2) is 41.1 Å². The Bertz CT molecular complexity index is 2700. The van der Waals surface area contributed by atoms with E-state index in [2.05, 4.69) is 30.7 Å². The molecule has 17 nitrogen and oxygen atoms in total. The first-order valence-electron chi connectivity index (χ1n) is 14.3. The maximum Gasteiger partial charge on any atom is 0.295 e. The highest BCUT2D eigenvalue weighted by atomic mass is 32.2. The molecule has 51 heavy (non-hydrogen) atoms. The van der Waals surface area contributed by atoms with Crippen molar-refractivity contribution < 1.29 is 41.1 Å². The minimum Gasteiger partial charge on any atom is -0.504 e. The van der Waals surface area contributed by atoms with Gasteiger partial charge in [0.2, 0.25) is 0 Å². The molecule has 0 amide bonds. The van der Waals surface area contributed by atoms with Gasteiger partial charge in [-0.2, -0.15) is 21.9 Å². The number of non-ortho nitro benzene ring substituents is 1. The fourth-order valence-electron chi connectivity index (χ4n) is 4.88. The Morgan fingerprint density at radius 3 is 1.80 bits per heavy atom. The Kier molecular flexibility index (Phi) is 9.02. The third-order valence-electron chi connectivity index (χ3n) is 7.33. The second kappa shape index (κ2) is 13.4. The molecule has 256 valence electrons. The van der Waals surface area contributed by atoms with Crippen LogP contribution < -0.4 is 0 Å². The fourth-order valence-corrected chi connectivity index (χ4v) is 6.09. The highest BCUT2D eigenvalue weighted by molar-refractivity contribution is 7.86.